The van der Waals surface area contributed by atoms with Gasteiger partial charge in [0.1, 0.15) is 0 Å². The molecule has 0 unspecified atom stereocenters. The molecular formula is C11H10BrN3O2. The topological polar surface area (TPSA) is 81.0 Å². The molecule has 1 heterocycles. The SMILES string of the molecule is Cc1cc(Br)cc(N)c1Oc1ncc[nH]c1=O. The third kappa shape index (κ3) is 2.47. The number of benzene rings is 1. The molecule has 0 radical (unpaired) electrons. The predicted octanol–water partition coefficient (Wildman–Crippen LogP) is 2.22. The summed E-state index contributed by atoms with van der Waals surface area (Å²) >= 11 is 3.33. The third-order valence-corrected chi connectivity index (χ3v) is 2.60. The number of nitrogens with one attached hydrogen (secondary N) is 1. The van der Waals surface area contributed by atoms with Crippen LogP contribution in [0.3, 0.4) is 0 Å². The van der Waals surface area contributed by atoms with Crippen LogP contribution in [0.1, 0.15) is 5.56 Å². The Morgan fingerprint density at radius 2 is 2.24 bits per heavy atom. The number of aromatic amines is 1. The van der Waals surface area contributed by atoms with Crippen LogP contribution in [-0.4, -0.2) is 9.97 Å². The van der Waals surface area contributed by atoms with Gasteiger partial charge in [0.05, 0.1) is 5.69 Å². The fourth-order valence-corrected chi connectivity index (χ4v) is 1.99. The van der Waals surface area contributed by atoms with E-state index < -0.39 is 5.56 Å². The van der Waals surface area contributed by atoms with E-state index in [2.05, 4.69) is 25.9 Å². The number of nitrogens with two attached hydrogens (primary N) is 1. The molecule has 0 amide bonds. The molecule has 3 N–H and O–H groups in total. The Kier molecular flexibility index (Phi) is 3.14. The van der Waals surface area contributed by atoms with Crippen molar-refractivity contribution in [1.82, 2.24) is 9.97 Å². The molecule has 17 heavy (non-hydrogen) atoms. The third-order valence-electron chi connectivity index (χ3n) is 2.14. The van der Waals surface area contributed by atoms with Crippen LogP contribution in [0.2, 0.25) is 0 Å². The summed E-state index contributed by atoms with van der Waals surface area (Å²) in [6, 6.07) is 3.56. The molecule has 0 atom stereocenters. The summed E-state index contributed by atoms with van der Waals surface area (Å²) in [6.45, 7) is 1.84. The van der Waals surface area contributed by atoms with Crippen LogP contribution >= 0.6 is 15.9 Å². The van der Waals surface area contributed by atoms with Crippen molar-refractivity contribution in [2.45, 2.75) is 6.92 Å². The average molecular weight is 296 g/mol. The molecule has 6 heteroatoms. The second-order valence-electron chi connectivity index (χ2n) is 3.47. The summed E-state index contributed by atoms with van der Waals surface area (Å²) in [5.74, 6) is 0.419. The highest BCUT2D eigenvalue weighted by Gasteiger charge is 2.10. The first-order valence-corrected chi connectivity index (χ1v) is 5.64. The molecule has 0 bridgehead atoms. The monoisotopic (exact) mass is 295 g/mol. The van der Waals surface area contributed by atoms with Gasteiger partial charge in [-0.3, -0.25) is 4.79 Å². The van der Waals surface area contributed by atoms with E-state index in [1.165, 1.54) is 12.4 Å². The van der Waals surface area contributed by atoms with E-state index in [1.54, 1.807) is 6.07 Å². The zero-order valence-corrected chi connectivity index (χ0v) is 10.6. The largest absolute Gasteiger partial charge is 0.432 e. The van der Waals surface area contributed by atoms with Crippen LogP contribution in [-0.2, 0) is 0 Å². The summed E-state index contributed by atoms with van der Waals surface area (Å²) in [7, 11) is 0. The Morgan fingerprint density at radius 1 is 1.47 bits per heavy atom. The Labute approximate surface area is 106 Å². The zero-order valence-electron chi connectivity index (χ0n) is 9.03. The lowest BCUT2D eigenvalue weighted by Crippen LogP contribution is -2.10. The van der Waals surface area contributed by atoms with Gasteiger partial charge < -0.3 is 15.5 Å². The number of aromatic nitrogens is 2. The number of hydrogen-bond acceptors (Lipinski definition) is 4. The van der Waals surface area contributed by atoms with Gasteiger partial charge in [-0.1, -0.05) is 15.9 Å². The van der Waals surface area contributed by atoms with Gasteiger partial charge in [-0.2, -0.15) is 0 Å². The first kappa shape index (κ1) is 11.7. The zero-order chi connectivity index (χ0) is 12.4. The van der Waals surface area contributed by atoms with Crippen LogP contribution in [0.15, 0.2) is 33.8 Å². The summed E-state index contributed by atoms with van der Waals surface area (Å²) < 4.78 is 6.28. The molecule has 0 fully saturated rings. The maximum Gasteiger partial charge on any atom is 0.311 e. The Balaban J connectivity index is 2.44. The smallest absolute Gasteiger partial charge is 0.311 e. The van der Waals surface area contributed by atoms with E-state index in [0.717, 1.165) is 10.0 Å². The van der Waals surface area contributed by atoms with E-state index in [1.807, 2.05) is 13.0 Å². The minimum Gasteiger partial charge on any atom is -0.432 e. The summed E-state index contributed by atoms with van der Waals surface area (Å²) in [6.07, 6.45) is 2.88. The highest BCUT2D eigenvalue weighted by Crippen LogP contribution is 2.32. The first-order chi connectivity index (χ1) is 8.08. The fraction of sp³-hybridized carbons (Fsp3) is 0.0909. The van der Waals surface area contributed by atoms with E-state index in [9.17, 15) is 4.79 Å². The number of hydrogen-bond donors (Lipinski definition) is 2. The van der Waals surface area contributed by atoms with Crippen LogP contribution < -0.4 is 16.0 Å². The van der Waals surface area contributed by atoms with E-state index in [0.29, 0.717) is 11.4 Å². The van der Waals surface area contributed by atoms with Crippen LogP contribution in [0.4, 0.5) is 5.69 Å². The molecule has 1 aromatic heterocycles. The van der Waals surface area contributed by atoms with Gasteiger partial charge in [0.15, 0.2) is 5.75 Å². The van der Waals surface area contributed by atoms with Crippen molar-refractivity contribution in [1.29, 1.82) is 0 Å². The number of aryl methyl sites for hydroxylation is 1. The maximum atomic E-state index is 11.4. The predicted molar refractivity (Wildman–Crippen MR) is 68.2 cm³/mol. The van der Waals surface area contributed by atoms with Crippen LogP contribution in [0.25, 0.3) is 0 Å². The number of H-pyrrole nitrogens is 1. The normalized spacial score (nSPS) is 10.2. The van der Waals surface area contributed by atoms with Gasteiger partial charge >= 0.3 is 5.56 Å². The minimum absolute atomic E-state index is 0.0235. The van der Waals surface area contributed by atoms with Gasteiger partial charge in [-0.05, 0) is 24.6 Å². The Morgan fingerprint density at radius 3 is 2.88 bits per heavy atom. The highest BCUT2D eigenvalue weighted by molar-refractivity contribution is 9.10. The van der Waals surface area contributed by atoms with Crippen molar-refractivity contribution in [2.75, 3.05) is 5.73 Å². The molecule has 0 saturated carbocycles. The molecular weight excluding hydrogens is 286 g/mol. The average Bonchev–Trinajstić information content (AvgIpc) is 2.25. The number of anilines is 1. The fourth-order valence-electron chi connectivity index (χ4n) is 1.40. The molecule has 0 spiro atoms. The van der Waals surface area contributed by atoms with Gasteiger partial charge in [-0.25, -0.2) is 4.98 Å². The van der Waals surface area contributed by atoms with Crippen molar-refractivity contribution in [2.24, 2.45) is 0 Å². The van der Waals surface area contributed by atoms with Gasteiger partial charge in [-0.15, -0.1) is 0 Å². The van der Waals surface area contributed by atoms with Crippen LogP contribution in [0, 0.1) is 6.92 Å². The molecule has 0 aliphatic rings. The van der Waals surface area contributed by atoms with Gasteiger partial charge in [0.25, 0.3) is 5.88 Å². The van der Waals surface area contributed by atoms with Crippen molar-refractivity contribution >= 4 is 21.6 Å². The van der Waals surface area contributed by atoms with Crippen molar-refractivity contribution in [3.63, 3.8) is 0 Å². The first-order valence-electron chi connectivity index (χ1n) is 4.85. The molecule has 2 aromatic rings. The molecule has 5 nitrogen and oxygen atoms in total. The number of halogens is 1. The molecule has 0 aliphatic carbocycles. The van der Waals surface area contributed by atoms with E-state index in [-0.39, 0.29) is 5.88 Å². The Bertz CT molecular complexity index is 587. The lowest BCUT2D eigenvalue weighted by molar-refractivity contribution is 0.453. The second-order valence-corrected chi connectivity index (χ2v) is 4.38. The minimum atomic E-state index is -0.394. The van der Waals surface area contributed by atoms with Crippen molar-refractivity contribution in [3.05, 3.63) is 44.9 Å². The molecule has 1 aromatic carbocycles. The number of nitrogens with zero attached hydrogens (tertiary/aromatic N) is 1. The lowest BCUT2D eigenvalue weighted by atomic mass is 10.2. The number of ether oxygens (including phenoxy) is 1. The molecule has 0 aliphatic heterocycles. The Hall–Kier alpha value is -1.82. The second kappa shape index (κ2) is 4.58. The van der Waals surface area contributed by atoms with Crippen LogP contribution in [0.5, 0.6) is 11.6 Å². The standard InChI is InChI=1S/C11H10BrN3O2/c1-6-4-7(12)5-8(13)9(6)17-11-10(16)14-2-3-15-11/h2-5H,13H2,1H3,(H,14,16). The lowest BCUT2D eigenvalue weighted by Gasteiger charge is -2.10. The van der Waals surface area contributed by atoms with E-state index >= 15 is 0 Å². The van der Waals surface area contributed by atoms with Gasteiger partial charge in [0.2, 0.25) is 0 Å². The highest BCUT2D eigenvalue weighted by atomic mass is 79.9. The quantitative estimate of drug-likeness (QED) is 0.833. The molecule has 88 valence electrons. The summed E-state index contributed by atoms with van der Waals surface area (Å²) in [5.41, 5.74) is 6.70. The van der Waals surface area contributed by atoms with Crippen molar-refractivity contribution in [3.8, 4) is 11.6 Å². The van der Waals surface area contributed by atoms with Crippen molar-refractivity contribution < 1.29 is 4.74 Å². The summed E-state index contributed by atoms with van der Waals surface area (Å²) in [4.78, 5) is 17.7. The number of rotatable bonds is 2. The van der Waals surface area contributed by atoms with Gasteiger partial charge in [0, 0.05) is 16.9 Å². The molecule has 2 rings (SSSR count). The summed E-state index contributed by atoms with van der Waals surface area (Å²) in [5, 5.41) is 0. The molecule has 0 saturated heterocycles. The maximum absolute atomic E-state index is 11.4. The number of nitrogen functional groups attached to an aromatic ring is 1. The van der Waals surface area contributed by atoms with E-state index in [4.69, 9.17) is 10.5 Å².